The maximum Gasteiger partial charge on any atom is 1.00 e. The van der Waals surface area contributed by atoms with E-state index >= 15 is 0 Å². The second-order valence-corrected chi connectivity index (χ2v) is 1.72. The van der Waals surface area contributed by atoms with Crippen LogP contribution in [0.4, 0.5) is 0 Å². The number of carbonyl (C=O) groups excluding carboxylic acids is 1. The summed E-state index contributed by atoms with van der Waals surface area (Å²) in [4.78, 5) is 8.89. The third-order valence-electron chi connectivity index (χ3n) is 0. The van der Waals surface area contributed by atoms with Gasteiger partial charge in [0.25, 0.3) is 0 Å². The molecule has 0 aromatic heterocycles. The van der Waals surface area contributed by atoms with Crippen molar-refractivity contribution in [2.45, 2.75) is 6.92 Å². The van der Waals surface area contributed by atoms with Crippen LogP contribution in [0.25, 0.3) is 0 Å². The Balaban J connectivity index is -0.0000000221. The molecule has 0 heterocycles. The second-order valence-electron chi connectivity index (χ2n) is 0.900. The van der Waals surface area contributed by atoms with E-state index < -0.39 is 16.4 Å². The SMILES string of the molecule is CC(=O)[O-].O=S(=O)([O-])[O-].[Na+].[Na+].[Na+]. The van der Waals surface area contributed by atoms with Crippen LogP contribution in [0.2, 0.25) is 0 Å². The molecule has 10 heteroatoms. The minimum Gasteiger partial charge on any atom is -0.759 e. The number of carboxylic acids is 1. The van der Waals surface area contributed by atoms with Crippen LogP contribution in [0.3, 0.4) is 0 Å². The first-order valence-electron chi connectivity index (χ1n) is 1.57. The van der Waals surface area contributed by atoms with Gasteiger partial charge in [-0.1, -0.05) is 0 Å². The van der Waals surface area contributed by atoms with Gasteiger partial charge >= 0.3 is 88.7 Å². The zero-order valence-corrected chi connectivity index (χ0v) is 14.2. The van der Waals surface area contributed by atoms with E-state index in [2.05, 4.69) is 0 Å². The largest absolute Gasteiger partial charge is 1.00 e. The maximum atomic E-state index is 8.89. The van der Waals surface area contributed by atoms with Crippen LogP contribution in [0.5, 0.6) is 0 Å². The molecule has 0 aromatic carbocycles. The van der Waals surface area contributed by atoms with Crippen molar-refractivity contribution in [1.82, 2.24) is 0 Å². The molecule has 0 unspecified atom stereocenters. The third kappa shape index (κ3) is 290. The number of hydrogen-bond acceptors (Lipinski definition) is 6. The molecule has 0 aliphatic rings. The molecule has 0 saturated heterocycles. The van der Waals surface area contributed by atoms with Gasteiger partial charge < -0.3 is 19.0 Å². The van der Waals surface area contributed by atoms with Crippen LogP contribution < -0.4 is 93.8 Å². The number of aliphatic carboxylic acids is 1. The van der Waals surface area contributed by atoms with E-state index in [1.165, 1.54) is 0 Å². The van der Waals surface area contributed by atoms with E-state index in [1.807, 2.05) is 0 Å². The van der Waals surface area contributed by atoms with Crippen molar-refractivity contribution in [2.75, 3.05) is 0 Å². The van der Waals surface area contributed by atoms with E-state index in [9.17, 15) is 0 Å². The number of carboxylic acid groups (broad SMARTS) is 1. The molecule has 0 spiro atoms. The normalized spacial score (nSPS) is 6.92. The molecule has 0 atom stereocenters. The van der Waals surface area contributed by atoms with E-state index in [-0.39, 0.29) is 88.7 Å². The number of carbonyl (C=O) groups is 1. The zero-order valence-electron chi connectivity index (χ0n) is 7.36. The van der Waals surface area contributed by atoms with Crippen LogP contribution >= 0.6 is 0 Å². The Labute approximate surface area is 137 Å². The van der Waals surface area contributed by atoms with Crippen molar-refractivity contribution in [3.8, 4) is 0 Å². The topological polar surface area (TPSA) is 120 Å². The summed E-state index contributed by atoms with van der Waals surface area (Å²) in [5.41, 5.74) is 0. The van der Waals surface area contributed by atoms with Gasteiger partial charge in [-0.3, -0.25) is 8.42 Å². The van der Waals surface area contributed by atoms with Crippen molar-refractivity contribution < 1.29 is 116 Å². The molecule has 56 valence electrons. The van der Waals surface area contributed by atoms with Gasteiger partial charge in [-0.2, -0.15) is 0 Å². The Morgan fingerprint density at radius 2 is 1.08 bits per heavy atom. The smallest absolute Gasteiger partial charge is 0.759 e. The summed E-state index contributed by atoms with van der Waals surface area (Å²) in [6.07, 6.45) is 0. The summed E-state index contributed by atoms with van der Waals surface area (Å²) in [6.45, 7) is 0.972. The standard InChI is InChI=1S/C2H4O2.3Na.H2O4S/c1-2(3)4;;;;1-5(2,3)4/h1H3,(H,3,4);;;;(H2,1,2,3,4)/q;3*+1;/p-3. The van der Waals surface area contributed by atoms with Gasteiger partial charge in [0, 0.05) is 16.4 Å². The number of rotatable bonds is 0. The average Bonchev–Trinajstić information content (AvgIpc) is 1.19. The van der Waals surface area contributed by atoms with Crippen molar-refractivity contribution in [3.05, 3.63) is 0 Å². The molecular weight excluding hydrogens is 221 g/mol. The van der Waals surface area contributed by atoms with Crippen molar-refractivity contribution in [1.29, 1.82) is 0 Å². The summed E-state index contributed by atoms with van der Waals surface area (Å²) in [5.74, 6) is -1.08. The van der Waals surface area contributed by atoms with Gasteiger partial charge in [0.2, 0.25) is 0 Å². The fraction of sp³-hybridized carbons (Fsp3) is 0.500. The van der Waals surface area contributed by atoms with Gasteiger partial charge in [0.05, 0.1) is 0 Å². The van der Waals surface area contributed by atoms with E-state index in [0.717, 1.165) is 6.92 Å². The summed E-state index contributed by atoms with van der Waals surface area (Å²) in [5, 5.41) is 8.89. The van der Waals surface area contributed by atoms with Crippen LogP contribution in [0, 0.1) is 0 Å². The van der Waals surface area contributed by atoms with Gasteiger partial charge in [-0.15, -0.1) is 0 Å². The van der Waals surface area contributed by atoms with E-state index in [4.69, 9.17) is 27.4 Å². The molecule has 0 aliphatic carbocycles. The molecule has 0 N–H and O–H groups in total. The first-order valence-corrected chi connectivity index (χ1v) is 2.91. The van der Waals surface area contributed by atoms with Crippen molar-refractivity contribution in [2.24, 2.45) is 0 Å². The molecule has 0 rings (SSSR count). The van der Waals surface area contributed by atoms with Crippen LogP contribution in [0.15, 0.2) is 0 Å². The monoisotopic (exact) mass is 224 g/mol. The van der Waals surface area contributed by atoms with Gasteiger partial charge in [0.1, 0.15) is 0 Å². The van der Waals surface area contributed by atoms with Gasteiger partial charge in [-0.25, -0.2) is 0 Å². The third-order valence-corrected chi connectivity index (χ3v) is 0. The Kier molecular flexibility index (Phi) is 38.5. The molecule has 0 aliphatic heterocycles. The Bertz CT molecular complexity index is 163. The fourth-order valence-corrected chi connectivity index (χ4v) is 0. The molecule has 0 aromatic rings. The minimum atomic E-state index is -5.17. The van der Waals surface area contributed by atoms with E-state index in [1.54, 1.807) is 0 Å². The summed E-state index contributed by atoms with van der Waals surface area (Å²) in [7, 11) is -5.17. The summed E-state index contributed by atoms with van der Waals surface area (Å²) < 4.78 is 34.1. The first-order chi connectivity index (χ1) is 3.73. The molecule has 0 radical (unpaired) electrons. The van der Waals surface area contributed by atoms with Crippen LogP contribution in [-0.2, 0) is 15.2 Å². The zero-order chi connectivity index (χ0) is 8.08. The second kappa shape index (κ2) is 15.8. The van der Waals surface area contributed by atoms with Crippen LogP contribution in [-0.4, -0.2) is 23.5 Å². The van der Waals surface area contributed by atoms with Crippen LogP contribution in [0.1, 0.15) is 6.92 Å². The molecule has 0 saturated carbocycles. The van der Waals surface area contributed by atoms with Crippen molar-refractivity contribution >= 4 is 16.4 Å². The molecule has 0 bridgehead atoms. The summed E-state index contributed by atoms with van der Waals surface area (Å²) >= 11 is 0. The predicted octanol–water partition coefficient (Wildman–Crippen LogP) is -11.6. The Hall–Kier alpha value is 2.34. The molecular formula is C2H3Na3O6S. The Morgan fingerprint density at radius 1 is 1.08 bits per heavy atom. The first kappa shape index (κ1) is 29.3. The molecule has 0 fully saturated rings. The fourth-order valence-electron chi connectivity index (χ4n) is 0. The summed E-state index contributed by atoms with van der Waals surface area (Å²) in [6, 6.07) is 0. The van der Waals surface area contributed by atoms with E-state index in [0.29, 0.717) is 0 Å². The molecule has 12 heavy (non-hydrogen) atoms. The minimum absolute atomic E-state index is 0. The van der Waals surface area contributed by atoms with Gasteiger partial charge in [-0.05, 0) is 6.92 Å². The van der Waals surface area contributed by atoms with Gasteiger partial charge in [0.15, 0.2) is 0 Å². The predicted molar refractivity (Wildman–Crippen MR) is 21.2 cm³/mol. The maximum absolute atomic E-state index is 8.89. The Morgan fingerprint density at radius 3 is 1.08 bits per heavy atom. The molecule has 6 nitrogen and oxygen atoms in total. The molecule has 0 amide bonds. The number of hydrogen-bond donors (Lipinski definition) is 0. The van der Waals surface area contributed by atoms with Crippen molar-refractivity contribution in [3.63, 3.8) is 0 Å². The quantitative estimate of drug-likeness (QED) is 0.229. The average molecular weight is 224 g/mol.